The molecule has 0 saturated carbocycles. The predicted octanol–water partition coefficient (Wildman–Crippen LogP) is 4.07. The van der Waals surface area contributed by atoms with Crippen molar-refractivity contribution in [1.82, 2.24) is 5.32 Å². The zero-order valence-corrected chi connectivity index (χ0v) is 12.4. The van der Waals surface area contributed by atoms with Gasteiger partial charge in [-0.1, -0.05) is 31.2 Å². The summed E-state index contributed by atoms with van der Waals surface area (Å²) in [5, 5.41) is 2.98. The van der Waals surface area contributed by atoms with E-state index in [9.17, 15) is 4.79 Å². The molecule has 0 aromatic rings. The van der Waals surface area contributed by atoms with Crippen molar-refractivity contribution in [2.24, 2.45) is 0 Å². The zero-order valence-electron chi connectivity index (χ0n) is 12.4. The third-order valence-electron chi connectivity index (χ3n) is 3.41. The van der Waals surface area contributed by atoms with Gasteiger partial charge < -0.3 is 5.32 Å². The normalized spacial score (nSPS) is 15.9. The van der Waals surface area contributed by atoms with E-state index in [4.69, 9.17) is 0 Å². The van der Waals surface area contributed by atoms with Gasteiger partial charge in [0.25, 0.3) is 0 Å². The predicted molar refractivity (Wildman–Crippen MR) is 81.9 cm³/mol. The molecule has 1 N–H and O–H groups in total. The molecule has 2 heteroatoms. The molecular formula is C17H25NO. The van der Waals surface area contributed by atoms with Gasteiger partial charge in [0.2, 0.25) is 0 Å². The van der Waals surface area contributed by atoms with Crippen LogP contribution in [-0.4, -0.2) is 12.8 Å². The third kappa shape index (κ3) is 4.55. The molecule has 19 heavy (non-hydrogen) atoms. The lowest BCUT2D eigenvalue weighted by atomic mass is 9.85. The van der Waals surface area contributed by atoms with Crippen LogP contribution in [0.2, 0.25) is 0 Å². The number of carbonyl (C=O) groups excluding carboxylic acids is 1. The number of hydrogen-bond donors (Lipinski definition) is 1. The summed E-state index contributed by atoms with van der Waals surface area (Å²) >= 11 is 0. The van der Waals surface area contributed by atoms with Gasteiger partial charge in [-0.25, -0.2) is 0 Å². The number of unbranched alkanes of at least 4 members (excludes halogenated alkanes) is 1. The molecule has 1 aliphatic rings. The van der Waals surface area contributed by atoms with Crippen molar-refractivity contribution in [3.8, 4) is 0 Å². The molecule has 0 radical (unpaired) electrons. The highest BCUT2D eigenvalue weighted by atomic mass is 16.1. The molecule has 104 valence electrons. The van der Waals surface area contributed by atoms with Crippen LogP contribution in [0.1, 0.15) is 46.0 Å². The summed E-state index contributed by atoms with van der Waals surface area (Å²) in [4.78, 5) is 12.2. The Morgan fingerprint density at radius 2 is 2.26 bits per heavy atom. The Morgan fingerprint density at radius 3 is 2.84 bits per heavy atom. The maximum atomic E-state index is 12.2. The third-order valence-corrected chi connectivity index (χ3v) is 3.41. The summed E-state index contributed by atoms with van der Waals surface area (Å²) in [5.74, 6) is 0.243. The SMILES string of the molecule is C=C(CC)C1=C(C)C=C(CCC/C=C/NC)CC1=O. The van der Waals surface area contributed by atoms with Gasteiger partial charge in [-0.2, -0.15) is 0 Å². The van der Waals surface area contributed by atoms with Gasteiger partial charge in [-0.15, -0.1) is 0 Å². The van der Waals surface area contributed by atoms with E-state index in [-0.39, 0.29) is 5.78 Å². The first-order chi connectivity index (χ1) is 9.10. The van der Waals surface area contributed by atoms with Crippen molar-refractivity contribution in [2.45, 2.75) is 46.0 Å². The zero-order chi connectivity index (χ0) is 14.3. The van der Waals surface area contributed by atoms with Crippen LogP contribution in [0.4, 0.5) is 0 Å². The molecule has 0 unspecified atom stereocenters. The van der Waals surface area contributed by atoms with E-state index >= 15 is 0 Å². The Hall–Kier alpha value is -1.57. The second-order valence-corrected chi connectivity index (χ2v) is 5.00. The number of Topliss-reactive ketones (excluding diaryl/α,β-unsaturated/α-hetero) is 1. The van der Waals surface area contributed by atoms with Crippen LogP contribution < -0.4 is 5.32 Å². The first-order valence-electron chi connectivity index (χ1n) is 7.04. The van der Waals surface area contributed by atoms with Crippen LogP contribution in [-0.2, 0) is 4.79 Å². The van der Waals surface area contributed by atoms with Gasteiger partial charge in [0.05, 0.1) is 0 Å². The molecule has 0 aromatic heterocycles. The van der Waals surface area contributed by atoms with Crippen LogP contribution in [0.25, 0.3) is 0 Å². The lowest BCUT2D eigenvalue weighted by Crippen LogP contribution is -2.12. The minimum atomic E-state index is 0.243. The summed E-state index contributed by atoms with van der Waals surface area (Å²) in [6, 6.07) is 0. The molecule has 0 aromatic carbocycles. The van der Waals surface area contributed by atoms with E-state index in [0.717, 1.165) is 42.4 Å². The van der Waals surface area contributed by atoms with Gasteiger partial charge in [-0.3, -0.25) is 4.79 Å². The molecule has 0 atom stereocenters. The molecule has 0 bridgehead atoms. The first-order valence-corrected chi connectivity index (χ1v) is 7.04. The molecule has 1 aliphatic carbocycles. The molecular weight excluding hydrogens is 234 g/mol. The number of ketones is 1. The van der Waals surface area contributed by atoms with E-state index in [0.29, 0.717) is 6.42 Å². The quantitative estimate of drug-likeness (QED) is 0.698. The number of carbonyl (C=O) groups is 1. The topological polar surface area (TPSA) is 29.1 Å². The minimum Gasteiger partial charge on any atom is -0.394 e. The number of nitrogens with one attached hydrogen (secondary N) is 1. The van der Waals surface area contributed by atoms with Crippen molar-refractivity contribution >= 4 is 5.78 Å². The summed E-state index contributed by atoms with van der Waals surface area (Å²) in [5.41, 5.74) is 4.17. The summed E-state index contributed by atoms with van der Waals surface area (Å²) in [6.07, 6.45) is 10.8. The van der Waals surface area contributed by atoms with E-state index in [2.05, 4.69) is 24.0 Å². The van der Waals surface area contributed by atoms with Crippen molar-refractivity contribution in [2.75, 3.05) is 7.05 Å². The molecule has 1 rings (SSSR count). The average molecular weight is 259 g/mol. The maximum Gasteiger partial charge on any atom is 0.167 e. The fourth-order valence-electron chi connectivity index (χ4n) is 2.41. The number of rotatable bonds is 7. The smallest absolute Gasteiger partial charge is 0.167 e. The highest BCUT2D eigenvalue weighted by molar-refractivity contribution is 6.03. The Labute approximate surface area is 117 Å². The van der Waals surface area contributed by atoms with E-state index in [1.165, 1.54) is 5.57 Å². The Bertz CT molecular complexity index is 438. The number of allylic oxidation sites excluding steroid dienone is 6. The van der Waals surface area contributed by atoms with Gasteiger partial charge in [-0.05, 0) is 50.0 Å². The minimum absolute atomic E-state index is 0.243. The standard InChI is InChI=1S/C17H25NO/c1-5-13(2)17-14(3)11-15(12-16(17)19)9-7-6-8-10-18-4/h8,10-11,18H,2,5-7,9,12H2,1,3-4H3/b10-8+. The van der Waals surface area contributed by atoms with Crippen molar-refractivity contribution < 1.29 is 4.79 Å². The van der Waals surface area contributed by atoms with Crippen LogP contribution in [0.3, 0.4) is 0 Å². The van der Waals surface area contributed by atoms with E-state index in [1.54, 1.807) is 0 Å². The van der Waals surface area contributed by atoms with Crippen LogP contribution in [0.15, 0.2) is 47.2 Å². The van der Waals surface area contributed by atoms with Crippen molar-refractivity contribution in [3.05, 3.63) is 47.2 Å². The molecule has 0 heterocycles. The molecule has 0 saturated heterocycles. The van der Waals surface area contributed by atoms with Crippen LogP contribution in [0.5, 0.6) is 0 Å². The molecule has 0 amide bonds. The fourth-order valence-corrected chi connectivity index (χ4v) is 2.41. The van der Waals surface area contributed by atoms with Gasteiger partial charge in [0.15, 0.2) is 5.78 Å². The van der Waals surface area contributed by atoms with Crippen LogP contribution in [0, 0.1) is 0 Å². The summed E-state index contributed by atoms with van der Waals surface area (Å²) < 4.78 is 0. The molecule has 0 fully saturated rings. The lowest BCUT2D eigenvalue weighted by Gasteiger charge is -2.18. The van der Waals surface area contributed by atoms with Gasteiger partial charge in [0, 0.05) is 19.0 Å². The Kier molecular flexibility index (Phi) is 6.34. The van der Waals surface area contributed by atoms with E-state index in [1.807, 2.05) is 27.1 Å². The van der Waals surface area contributed by atoms with Crippen molar-refractivity contribution in [1.29, 1.82) is 0 Å². The monoisotopic (exact) mass is 259 g/mol. The second kappa shape index (κ2) is 7.78. The molecule has 0 aliphatic heterocycles. The molecule has 0 spiro atoms. The Morgan fingerprint density at radius 1 is 1.53 bits per heavy atom. The highest BCUT2D eigenvalue weighted by Crippen LogP contribution is 2.29. The van der Waals surface area contributed by atoms with Crippen molar-refractivity contribution in [3.63, 3.8) is 0 Å². The molecule has 2 nitrogen and oxygen atoms in total. The largest absolute Gasteiger partial charge is 0.394 e. The average Bonchev–Trinajstić information content (AvgIpc) is 2.37. The first kappa shape index (κ1) is 15.5. The lowest BCUT2D eigenvalue weighted by molar-refractivity contribution is -0.114. The summed E-state index contributed by atoms with van der Waals surface area (Å²) in [7, 11) is 1.90. The fraction of sp³-hybridized carbons (Fsp3) is 0.471. The Balaban J connectivity index is 2.64. The number of hydrogen-bond acceptors (Lipinski definition) is 2. The second-order valence-electron chi connectivity index (χ2n) is 5.00. The summed E-state index contributed by atoms with van der Waals surface area (Å²) in [6.45, 7) is 8.06. The van der Waals surface area contributed by atoms with Crippen LogP contribution >= 0.6 is 0 Å². The van der Waals surface area contributed by atoms with E-state index < -0.39 is 0 Å². The maximum absolute atomic E-state index is 12.2. The van der Waals surface area contributed by atoms with Gasteiger partial charge in [0.1, 0.15) is 0 Å². The van der Waals surface area contributed by atoms with Gasteiger partial charge >= 0.3 is 0 Å². The highest BCUT2D eigenvalue weighted by Gasteiger charge is 2.20.